The van der Waals surface area contributed by atoms with E-state index in [-0.39, 0.29) is 12.1 Å². The molecular formula is C13H27N5O2. The van der Waals surface area contributed by atoms with Gasteiger partial charge in [0.2, 0.25) is 5.96 Å². The zero-order valence-corrected chi connectivity index (χ0v) is 12.5. The number of hydrazine groups is 1. The average molecular weight is 285 g/mol. The summed E-state index contributed by atoms with van der Waals surface area (Å²) in [5.41, 5.74) is 2.59. The lowest BCUT2D eigenvalue weighted by Crippen LogP contribution is -2.49. The SMILES string of the molecule is COCC(C)NC(=NCC1CN2CCCC2CO1)NN. The second-order valence-electron chi connectivity index (χ2n) is 5.58. The van der Waals surface area contributed by atoms with E-state index in [4.69, 9.17) is 15.3 Å². The second-order valence-corrected chi connectivity index (χ2v) is 5.58. The summed E-state index contributed by atoms with van der Waals surface area (Å²) >= 11 is 0. The van der Waals surface area contributed by atoms with Crippen LogP contribution in [0.3, 0.4) is 0 Å². The topological polar surface area (TPSA) is 84.1 Å². The Balaban J connectivity index is 1.77. The Morgan fingerprint density at radius 1 is 1.60 bits per heavy atom. The molecule has 0 aromatic rings. The molecule has 2 saturated heterocycles. The Morgan fingerprint density at radius 2 is 2.45 bits per heavy atom. The molecular weight excluding hydrogens is 258 g/mol. The molecule has 0 amide bonds. The number of rotatable bonds is 5. The number of guanidine groups is 1. The van der Waals surface area contributed by atoms with Crippen LogP contribution in [0, 0.1) is 0 Å². The molecule has 7 nitrogen and oxygen atoms in total. The van der Waals surface area contributed by atoms with Crippen molar-refractivity contribution in [3.05, 3.63) is 0 Å². The van der Waals surface area contributed by atoms with Crippen LogP contribution in [-0.2, 0) is 9.47 Å². The zero-order chi connectivity index (χ0) is 14.4. The van der Waals surface area contributed by atoms with Crippen LogP contribution in [0.25, 0.3) is 0 Å². The number of nitrogens with one attached hydrogen (secondary N) is 2. The fraction of sp³-hybridized carbons (Fsp3) is 0.923. The number of aliphatic imine (C=N–C) groups is 1. The predicted molar refractivity (Wildman–Crippen MR) is 78.4 cm³/mol. The van der Waals surface area contributed by atoms with Crippen LogP contribution in [-0.4, -0.2) is 69.0 Å². The molecule has 4 N–H and O–H groups in total. The van der Waals surface area contributed by atoms with E-state index in [1.807, 2.05) is 6.92 Å². The summed E-state index contributed by atoms with van der Waals surface area (Å²) in [6, 6.07) is 0.784. The standard InChI is InChI=1S/C13H27N5O2/c1-10(8-19-2)16-13(17-14)15-6-12-7-18-5-3-4-11(18)9-20-12/h10-12H,3-9,14H2,1-2H3,(H2,15,16,17). The van der Waals surface area contributed by atoms with Crippen molar-refractivity contribution in [1.29, 1.82) is 0 Å². The van der Waals surface area contributed by atoms with Crippen molar-refractivity contribution in [3.8, 4) is 0 Å². The molecule has 0 spiro atoms. The molecule has 7 heteroatoms. The van der Waals surface area contributed by atoms with Crippen LogP contribution in [0.5, 0.6) is 0 Å². The van der Waals surface area contributed by atoms with Gasteiger partial charge in [-0.15, -0.1) is 0 Å². The van der Waals surface area contributed by atoms with E-state index < -0.39 is 0 Å². The third-order valence-electron chi connectivity index (χ3n) is 3.85. The molecule has 2 rings (SSSR count). The average Bonchev–Trinajstić information content (AvgIpc) is 2.91. The minimum absolute atomic E-state index is 0.157. The van der Waals surface area contributed by atoms with Crippen molar-refractivity contribution in [3.63, 3.8) is 0 Å². The Kier molecular flexibility index (Phi) is 6.03. The number of hydrogen-bond acceptors (Lipinski definition) is 5. The first-order chi connectivity index (χ1) is 9.72. The highest BCUT2D eigenvalue weighted by molar-refractivity contribution is 5.79. The molecule has 3 unspecified atom stereocenters. The molecule has 2 fully saturated rings. The summed E-state index contributed by atoms with van der Waals surface area (Å²) in [6.07, 6.45) is 2.71. The van der Waals surface area contributed by atoms with Gasteiger partial charge >= 0.3 is 0 Å². The van der Waals surface area contributed by atoms with E-state index in [1.165, 1.54) is 19.4 Å². The van der Waals surface area contributed by atoms with Crippen molar-refractivity contribution >= 4 is 5.96 Å². The molecule has 0 saturated carbocycles. The Labute approximate surface area is 120 Å². The van der Waals surface area contributed by atoms with E-state index in [9.17, 15) is 0 Å². The van der Waals surface area contributed by atoms with E-state index >= 15 is 0 Å². The predicted octanol–water partition coefficient (Wildman–Crippen LogP) is -0.707. The number of morpholine rings is 1. The number of nitrogens with zero attached hydrogens (tertiary/aromatic N) is 2. The highest BCUT2D eigenvalue weighted by atomic mass is 16.5. The van der Waals surface area contributed by atoms with Gasteiger partial charge in [0, 0.05) is 25.7 Å². The van der Waals surface area contributed by atoms with Gasteiger partial charge in [-0.3, -0.25) is 10.3 Å². The van der Waals surface area contributed by atoms with Crippen LogP contribution < -0.4 is 16.6 Å². The lowest BCUT2D eigenvalue weighted by molar-refractivity contribution is -0.0432. The number of fused-ring (bicyclic) bond motifs is 1. The number of nitrogens with two attached hydrogens (primary N) is 1. The summed E-state index contributed by atoms with van der Waals surface area (Å²) in [7, 11) is 1.67. The summed E-state index contributed by atoms with van der Waals surface area (Å²) in [5, 5.41) is 3.17. The van der Waals surface area contributed by atoms with Crippen LogP contribution in [0.15, 0.2) is 4.99 Å². The van der Waals surface area contributed by atoms with Crippen LogP contribution in [0.4, 0.5) is 0 Å². The van der Waals surface area contributed by atoms with Gasteiger partial charge in [0.05, 0.1) is 25.9 Å². The quantitative estimate of drug-likeness (QED) is 0.268. The second kappa shape index (κ2) is 7.78. The Morgan fingerprint density at radius 3 is 3.20 bits per heavy atom. The maximum atomic E-state index is 5.87. The molecule has 2 heterocycles. The van der Waals surface area contributed by atoms with Crippen molar-refractivity contribution in [2.75, 3.05) is 40.0 Å². The lowest BCUT2D eigenvalue weighted by atomic mass is 10.2. The zero-order valence-electron chi connectivity index (χ0n) is 12.5. The van der Waals surface area contributed by atoms with Crippen molar-refractivity contribution < 1.29 is 9.47 Å². The van der Waals surface area contributed by atoms with E-state index in [2.05, 4.69) is 20.6 Å². The highest BCUT2D eigenvalue weighted by Gasteiger charge is 2.31. The first kappa shape index (κ1) is 15.5. The van der Waals surface area contributed by atoms with Gasteiger partial charge in [-0.1, -0.05) is 0 Å². The number of ether oxygens (including phenoxy) is 2. The highest BCUT2D eigenvalue weighted by Crippen LogP contribution is 2.22. The van der Waals surface area contributed by atoms with Crippen LogP contribution in [0.1, 0.15) is 19.8 Å². The van der Waals surface area contributed by atoms with Gasteiger partial charge in [0.1, 0.15) is 0 Å². The first-order valence-electron chi connectivity index (χ1n) is 7.35. The van der Waals surface area contributed by atoms with E-state index in [0.717, 1.165) is 13.2 Å². The van der Waals surface area contributed by atoms with Gasteiger partial charge in [0.15, 0.2) is 0 Å². The maximum absolute atomic E-state index is 5.87. The van der Waals surface area contributed by atoms with Crippen LogP contribution >= 0.6 is 0 Å². The molecule has 20 heavy (non-hydrogen) atoms. The lowest BCUT2D eigenvalue weighted by Gasteiger charge is -2.34. The number of methoxy groups -OCH3 is 1. The molecule has 2 aliphatic heterocycles. The minimum Gasteiger partial charge on any atom is -0.383 e. The van der Waals surface area contributed by atoms with E-state index in [1.54, 1.807) is 7.11 Å². The largest absolute Gasteiger partial charge is 0.383 e. The summed E-state index contributed by atoms with van der Waals surface area (Å²) < 4.78 is 10.9. The molecule has 2 aliphatic rings. The monoisotopic (exact) mass is 285 g/mol. The van der Waals surface area contributed by atoms with Crippen molar-refractivity contribution in [1.82, 2.24) is 15.6 Å². The van der Waals surface area contributed by atoms with Crippen LogP contribution in [0.2, 0.25) is 0 Å². The smallest absolute Gasteiger partial charge is 0.206 e. The van der Waals surface area contributed by atoms with E-state index in [0.29, 0.717) is 25.2 Å². The molecule has 0 aliphatic carbocycles. The fourth-order valence-corrected chi connectivity index (χ4v) is 2.85. The van der Waals surface area contributed by atoms with Gasteiger partial charge in [-0.25, -0.2) is 10.8 Å². The molecule has 3 atom stereocenters. The molecule has 0 aromatic carbocycles. The van der Waals surface area contributed by atoms with Crippen molar-refractivity contribution in [2.24, 2.45) is 10.8 Å². The fourth-order valence-electron chi connectivity index (χ4n) is 2.85. The number of hydrogen-bond donors (Lipinski definition) is 3. The third kappa shape index (κ3) is 4.31. The molecule has 0 aromatic heterocycles. The third-order valence-corrected chi connectivity index (χ3v) is 3.85. The van der Waals surface area contributed by atoms with Gasteiger partial charge in [-0.05, 0) is 26.3 Å². The molecule has 116 valence electrons. The summed E-state index contributed by atoms with van der Waals surface area (Å²) in [6.45, 7) is 6.24. The minimum atomic E-state index is 0.157. The maximum Gasteiger partial charge on any atom is 0.206 e. The normalized spacial score (nSPS) is 29.1. The summed E-state index contributed by atoms with van der Waals surface area (Å²) in [4.78, 5) is 6.98. The first-order valence-corrected chi connectivity index (χ1v) is 7.35. The molecule has 0 radical (unpaired) electrons. The van der Waals surface area contributed by atoms with Gasteiger partial charge in [-0.2, -0.15) is 0 Å². The Bertz CT molecular complexity index is 326. The van der Waals surface area contributed by atoms with Gasteiger partial charge in [0.25, 0.3) is 0 Å². The molecule has 0 bridgehead atoms. The van der Waals surface area contributed by atoms with Gasteiger partial charge < -0.3 is 14.8 Å². The Hall–Kier alpha value is -0.890. The summed E-state index contributed by atoms with van der Waals surface area (Å²) in [5.74, 6) is 6.07. The van der Waals surface area contributed by atoms with Crippen molar-refractivity contribution in [2.45, 2.75) is 38.0 Å².